The minimum absolute atomic E-state index is 0.218. The first-order valence-electron chi connectivity index (χ1n) is 7.04. The van der Waals surface area contributed by atoms with E-state index in [1.165, 1.54) is 19.2 Å². The monoisotopic (exact) mass is 346 g/mol. The van der Waals surface area contributed by atoms with Gasteiger partial charge in [0.05, 0.1) is 5.56 Å². The molecule has 7 heteroatoms. The van der Waals surface area contributed by atoms with Gasteiger partial charge in [0, 0.05) is 23.3 Å². The molecule has 0 unspecified atom stereocenters. The lowest BCUT2D eigenvalue weighted by Gasteiger charge is -2.07. The summed E-state index contributed by atoms with van der Waals surface area (Å²) in [6.45, 7) is -0.418. The highest BCUT2D eigenvalue weighted by Gasteiger charge is 2.10. The summed E-state index contributed by atoms with van der Waals surface area (Å²) in [5, 5.41) is 5.58. The maximum absolute atomic E-state index is 11.8. The van der Waals surface area contributed by atoms with Crippen LogP contribution in [-0.4, -0.2) is 31.4 Å². The smallest absolute Gasteiger partial charge is 0.338 e. The fourth-order valence-electron chi connectivity index (χ4n) is 1.85. The van der Waals surface area contributed by atoms with Crippen molar-refractivity contribution in [3.05, 3.63) is 64.7 Å². The van der Waals surface area contributed by atoms with Crippen molar-refractivity contribution in [1.29, 1.82) is 0 Å². The van der Waals surface area contributed by atoms with Crippen LogP contribution in [-0.2, 0) is 9.53 Å². The molecule has 124 valence electrons. The molecule has 2 rings (SSSR count). The van der Waals surface area contributed by atoms with Crippen molar-refractivity contribution in [3.8, 4) is 0 Å². The minimum Gasteiger partial charge on any atom is -0.452 e. The third-order valence-corrected chi connectivity index (χ3v) is 3.32. The largest absolute Gasteiger partial charge is 0.452 e. The Morgan fingerprint density at radius 3 is 2.12 bits per heavy atom. The molecular formula is C17H15ClN2O4. The van der Waals surface area contributed by atoms with Gasteiger partial charge in [-0.05, 0) is 48.5 Å². The van der Waals surface area contributed by atoms with E-state index in [9.17, 15) is 14.4 Å². The van der Waals surface area contributed by atoms with Crippen LogP contribution in [0.3, 0.4) is 0 Å². The number of benzene rings is 2. The second-order valence-corrected chi connectivity index (χ2v) is 5.22. The first-order valence-corrected chi connectivity index (χ1v) is 7.42. The zero-order chi connectivity index (χ0) is 17.5. The first kappa shape index (κ1) is 17.5. The van der Waals surface area contributed by atoms with Gasteiger partial charge >= 0.3 is 5.97 Å². The zero-order valence-corrected chi connectivity index (χ0v) is 13.6. The zero-order valence-electron chi connectivity index (χ0n) is 12.8. The SMILES string of the molecule is CNC(=O)c1ccc(NC(=O)COC(=O)c2ccc(Cl)cc2)cc1. The highest BCUT2D eigenvalue weighted by atomic mass is 35.5. The van der Waals surface area contributed by atoms with E-state index in [1.54, 1.807) is 36.4 Å². The normalized spacial score (nSPS) is 9.92. The number of hydrogen-bond acceptors (Lipinski definition) is 4. The Morgan fingerprint density at radius 1 is 0.958 bits per heavy atom. The molecule has 0 heterocycles. The van der Waals surface area contributed by atoms with Crippen molar-refractivity contribution in [1.82, 2.24) is 5.32 Å². The predicted molar refractivity (Wildman–Crippen MR) is 90.2 cm³/mol. The number of nitrogens with one attached hydrogen (secondary N) is 2. The molecule has 24 heavy (non-hydrogen) atoms. The molecule has 0 aliphatic rings. The van der Waals surface area contributed by atoms with Gasteiger partial charge in [-0.25, -0.2) is 4.79 Å². The molecule has 0 fully saturated rings. The summed E-state index contributed by atoms with van der Waals surface area (Å²) >= 11 is 5.73. The van der Waals surface area contributed by atoms with Crippen LogP contribution in [0.2, 0.25) is 5.02 Å². The Bertz CT molecular complexity index is 742. The van der Waals surface area contributed by atoms with Gasteiger partial charge < -0.3 is 15.4 Å². The van der Waals surface area contributed by atoms with Gasteiger partial charge in [0.1, 0.15) is 0 Å². The maximum atomic E-state index is 11.8. The molecule has 0 aromatic heterocycles. The lowest BCUT2D eigenvalue weighted by Crippen LogP contribution is -2.21. The van der Waals surface area contributed by atoms with E-state index < -0.39 is 18.5 Å². The Balaban J connectivity index is 1.85. The van der Waals surface area contributed by atoms with Gasteiger partial charge in [-0.2, -0.15) is 0 Å². The van der Waals surface area contributed by atoms with Gasteiger partial charge in [0.2, 0.25) is 0 Å². The molecule has 0 spiro atoms. The number of carbonyl (C=O) groups is 3. The van der Waals surface area contributed by atoms with Crippen molar-refractivity contribution in [3.63, 3.8) is 0 Å². The third-order valence-electron chi connectivity index (χ3n) is 3.07. The van der Waals surface area contributed by atoms with E-state index in [0.29, 0.717) is 21.8 Å². The van der Waals surface area contributed by atoms with Gasteiger partial charge in [-0.15, -0.1) is 0 Å². The summed E-state index contributed by atoms with van der Waals surface area (Å²) in [5.41, 5.74) is 1.28. The molecule has 0 atom stereocenters. The summed E-state index contributed by atoms with van der Waals surface area (Å²) in [5.74, 6) is -1.31. The quantitative estimate of drug-likeness (QED) is 0.815. The average Bonchev–Trinajstić information content (AvgIpc) is 2.60. The summed E-state index contributed by atoms with van der Waals surface area (Å²) in [6.07, 6.45) is 0. The Hall–Kier alpha value is -2.86. The van der Waals surface area contributed by atoms with E-state index >= 15 is 0 Å². The summed E-state index contributed by atoms with van der Waals surface area (Å²) in [4.78, 5) is 35.0. The molecule has 2 aromatic carbocycles. The number of ether oxygens (including phenoxy) is 1. The number of halogens is 1. The molecule has 2 aromatic rings. The lowest BCUT2D eigenvalue weighted by molar-refractivity contribution is -0.119. The maximum Gasteiger partial charge on any atom is 0.338 e. The minimum atomic E-state index is -0.614. The second-order valence-electron chi connectivity index (χ2n) is 4.79. The van der Waals surface area contributed by atoms with Crippen molar-refractivity contribution in [2.45, 2.75) is 0 Å². The third kappa shape index (κ3) is 4.82. The second kappa shape index (κ2) is 8.12. The standard InChI is InChI=1S/C17H15ClN2O4/c1-19-16(22)11-4-8-14(9-5-11)20-15(21)10-24-17(23)12-2-6-13(18)7-3-12/h2-9H,10H2,1H3,(H,19,22)(H,20,21). The fraction of sp³-hybridized carbons (Fsp3) is 0.118. The van der Waals surface area contributed by atoms with Crippen LogP contribution in [0.4, 0.5) is 5.69 Å². The van der Waals surface area contributed by atoms with Crippen LogP contribution in [0.25, 0.3) is 0 Å². The molecule has 0 bridgehead atoms. The highest BCUT2D eigenvalue weighted by molar-refractivity contribution is 6.30. The molecule has 2 amide bonds. The van der Waals surface area contributed by atoms with E-state index in [4.69, 9.17) is 16.3 Å². The average molecular weight is 347 g/mol. The molecule has 0 radical (unpaired) electrons. The lowest BCUT2D eigenvalue weighted by atomic mass is 10.2. The first-order chi connectivity index (χ1) is 11.5. The Labute approximate surface area is 143 Å². The molecule has 0 saturated heterocycles. The molecule has 0 aliphatic carbocycles. The molecule has 6 nitrogen and oxygen atoms in total. The number of amides is 2. The van der Waals surface area contributed by atoms with Crippen molar-refractivity contribution >= 4 is 35.1 Å². The van der Waals surface area contributed by atoms with Crippen LogP contribution in [0.1, 0.15) is 20.7 Å². The van der Waals surface area contributed by atoms with Crippen molar-refractivity contribution < 1.29 is 19.1 Å². The van der Waals surface area contributed by atoms with Gasteiger partial charge in [0.25, 0.3) is 11.8 Å². The van der Waals surface area contributed by atoms with Gasteiger partial charge in [-0.3, -0.25) is 9.59 Å². The summed E-state index contributed by atoms with van der Waals surface area (Å²) < 4.78 is 4.92. The van der Waals surface area contributed by atoms with E-state index in [0.717, 1.165) is 0 Å². The number of hydrogen-bond donors (Lipinski definition) is 2. The van der Waals surface area contributed by atoms with E-state index in [2.05, 4.69) is 10.6 Å². The van der Waals surface area contributed by atoms with E-state index in [1.807, 2.05) is 0 Å². The predicted octanol–water partition coefficient (Wildman–Crippen LogP) is 2.50. The van der Waals surface area contributed by atoms with Crippen LogP contribution in [0.15, 0.2) is 48.5 Å². The van der Waals surface area contributed by atoms with Gasteiger partial charge in [-0.1, -0.05) is 11.6 Å². The van der Waals surface area contributed by atoms with Crippen LogP contribution in [0, 0.1) is 0 Å². The van der Waals surface area contributed by atoms with Crippen LogP contribution in [0.5, 0.6) is 0 Å². The number of rotatable bonds is 5. The summed E-state index contributed by atoms with van der Waals surface area (Å²) in [7, 11) is 1.53. The van der Waals surface area contributed by atoms with E-state index in [-0.39, 0.29) is 5.91 Å². The molecular weight excluding hydrogens is 332 g/mol. The Morgan fingerprint density at radius 2 is 1.54 bits per heavy atom. The van der Waals surface area contributed by atoms with Gasteiger partial charge in [0.15, 0.2) is 6.61 Å². The summed E-state index contributed by atoms with van der Waals surface area (Å²) in [6, 6.07) is 12.5. The van der Waals surface area contributed by atoms with Crippen molar-refractivity contribution in [2.75, 3.05) is 19.0 Å². The highest BCUT2D eigenvalue weighted by Crippen LogP contribution is 2.11. The number of anilines is 1. The fourth-order valence-corrected chi connectivity index (χ4v) is 1.97. The Kier molecular flexibility index (Phi) is 5.92. The number of esters is 1. The van der Waals surface area contributed by atoms with Crippen molar-refractivity contribution in [2.24, 2.45) is 0 Å². The van der Waals surface area contributed by atoms with Crippen LogP contribution < -0.4 is 10.6 Å². The molecule has 0 saturated carbocycles. The van der Waals surface area contributed by atoms with Crippen LogP contribution >= 0.6 is 11.6 Å². The topological polar surface area (TPSA) is 84.5 Å². The molecule has 0 aliphatic heterocycles. The molecule has 2 N–H and O–H groups in total. The number of carbonyl (C=O) groups excluding carboxylic acids is 3.